The summed E-state index contributed by atoms with van der Waals surface area (Å²) in [7, 11) is 0. The molecule has 1 aliphatic heterocycles. The first-order valence-corrected chi connectivity index (χ1v) is 12.0. The fourth-order valence-electron chi connectivity index (χ4n) is 3.37. The molecule has 0 saturated carbocycles. The van der Waals surface area contributed by atoms with Gasteiger partial charge in [-0.25, -0.2) is 11.0 Å². The summed E-state index contributed by atoms with van der Waals surface area (Å²) in [5.41, 5.74) is 4.52. The number of hydrogen-bond acceptors (Lipinski definition) is 6. The molecule has 1 saturated heterocycles. The number of hydroxylamine groups is 2. The Balaban J connectivity index is 2.41. The molecule has 1 rings (SSSR count). The third kappa shape index (κ3) is 11.1. The molecule has 0 aliphatic carbocycles. The van der Waals surface area contributed by atoms with Crippen molar-refractivity contribution in [3.8, 4) is 0 Å². The number of nitrogens with one attached hydrogen (secondary N) is 3. The molecular formula is C24H42N4O6. The number of hydrogen-bond donors (Lipinski definition) is 3. The van der Waals surface area contributed by atoms with E-state index in [4.69, 9.17) is 9.68 Å². The van der Waals surface area contributed by atoms with E-state index >= 15 is 0 Å². The van der Waals surface area contributed by atoms with Crippen LogP contribution in [0.5, 0.6) is 0 Å². The minimum atomic E-state index is -0.801. The van der Waals surface area contributed by atoms with E-state index in [1.807, 2.05) is 48.5 Å². The van der Waals surface area contributed by atoms with Gasteiger partial charge in [-0.05, 0) is 31.1 Å². The Labute approximate surface area is 203 Å². The molecular weight excluding hydrogens is 440 g/mol. The number of amides is 4. The van der Waals surface area contributed by atoms with Gasteiger partial charge in [0.15, 0.2) is 12.2 Å². The van der Waals surface area contributed by atoms with Crippen LogP contribution in [0, 0.1) is 17.8 Å². The largest absolute Gasteiger partial charge is 0.354 e. The first-order valence-electron chi connectivity index (χ1n) is 12.0. The van der Waals surface area contributed by atoms with Crippen LogP contribution in [-0.4, -0.2) is 59.9 Å². The molecule has 1 aliphatic rings. The van der Waals surface area contributed by atoms with E-state index in [2.05, 4.69) is 16.3 Å². The van der Waals surface area contributed by atoms with Crippen LogP contribution >= 0.6 is 0 Å². The third-order valence-corrected chi connectivity index (χ3v) is 5.06. The maximum atomic E-state index is 12.4. The van der Waals surface area contributed by atoms with Gasteiger partial charge in [0.2, 0.25) is 5.91 Å². The van der Waals surface area contributed by atoms with Crippen molar-refractivity contribution < 1.29 is 28.9 Å². The summed E-state index contributed by atoms with van der Waals surface area (Å²) in [5, 5.41) is 2.80. The summed E-state index contributed by atoms with van der Waals surface area (Å²) in [5.74, 6) is -0.669. The molecule has 0 spiro atoms. The monoisotopic (exact) mass is 482 g/mol. The summed E-state index contributed by atoms with van der Waals surface area (Å²) >= 11 is 0. The van der Waals surface area contributed by atoms with Crippen molar-refractivity contribution in [3.05, 3.63) is 12.2 Å². The molecule has 3 atom stereocenters. The van der Waals surface area contributed by atoms with Gasteiger partial charge in [0.05, 0.1) is 0 Å². The van der Waals surface area contributed by atoms with Gasteiger partial charge < -0.3 is 10.2 Å². The van der Waals surface area contributed by atoms with Crippen LogP contribution in [0.2, 0.25) is 0 Å². The number of rotatable bonds is 14. The van der Waals surface area contributed by atoms with Crippen molar-refractivity contribution in [2.24, 2.45) is 17.8 Å². The highest BCUT2D eigenvalue weighted by Gasteiger charge is 2.38. The van der Waals surface area contributed by atoms with Crippen LogP contribution in [0.3, 0.4) is 0 Å². The van der Waals surface area contributed by atoms with Crippen molar-refractivity contribution in [3.63, 3.8) is 0 Å². The Morgan fingerprint density at radius 2 is 1.74 bits per heavy atom. The zero-order valence-corrected chi connectivity index (χ0v) is 21.6. The van der Waals surface area contributed by atoms with Crippen molar-refractivity contribution in [1.29, 1.82) is 0 Å². The number of carbonyl (C=O) groups is 4. The second-order valence-corrected chi connectivity index (χ2v) is 10.0. The van der Waals surface area contributed by atoms with Crippen molar-refractivity contribution in [1.82, 2.24) is 21.2 Å². The molecule has 4 amide bonds. The molecule has 194 valence electrons. The van der Waals surface area contributed by atoms with Crippen molar-refractivity contribution >= 4 is 23.6 Å². The molecule has 0 bridgehead atoms. The Morgan fingerprint density at radius 3 is 2.32 bits per heavy atom. The van der Waals surface area contributed by atoms with Crippen molar-refractivity contribution in [2.75, 3.05) is 13.1 Å². The lowest BCUT2D eigenvalue weighted by molar-refractivity contribution is -0.149. The van der Waals surface area contributed by atoms with Crippen LogP contribution in [0.4, 0.5) is 0 Å². The topological polar surface area (TPSA) is 126 Å². The fourth-order valence-corrected chi connectivity index (χ4v) is 3.37. The summed E-state index contributed by atoms with van der Waals surface area (Å²) in [6, 6.07) is 0.0445. The van der Waals surface area contributed by atoms with E-state index in [-0.39, 0.29) is 30.2 Å². The van der Waals surface area contributed by atoms with Gasteiger partial charge in [0.25, 0.3) is 17.7 Å². The van der Waals surface area contributed by atoms with Gasteiger partial charge >= 0.3 is 0 Å². The average Bonchev–Trinajstić information content (AvgIpc) is 3.00. The molecule has 10 nitrogen and oxygen atoms in total. The molecule has 0 aromatic heterocycles. The van der Waals surface area contributed by atoms with E-state index in [0.29, 0.717) is 37.8 Å². The number of nitrogens with zero attached hydrogens (tertiary/aromatic N) is 1. The molecule has 1 fully saturated rings. The Hall–Kier alpha value is -2.46. The molecule has 10 heteroatoms. The Morgan fingerprint density at radius 1 is 1.06 bits per heavy atom. The highest BCUT2D eigenvalue weighted by molar-refractivity contribution is 5.88. The summed E-state index contributed by atoms with van der Waals surface area (Å²) < 4.78 is 0. The van der Waals surface area contributed by atoms with Gasteiger partial charge in [0.1, 0.15) is 0 Å². The van der Waals surface area contributed by atoms with Crippen LogP contribution in [0.25, 0.3) is 0 Å². The first-order chi connectivity index (χ1) is 15.9. The lowest BCUT2D eigenvalue weighted by atomic mass is 10.1. The Bertz CT molecular complexity index is 722. The standard InChI is InChI=1S/C24H42N4O6/c1-15(2)11-19(23(31)25-13-16(3)4)33-26-21(29)9-8-10-22(30)27-34-20-12-18(7)28(24(20)32)14-17(5)6/h8,10,15-20H,9,11-14H2,1-7H3,(H,25,31)(H,26,29)(H,27,30)/b10-8+/t18?,19-,20-/m1/s1. The number of likely N-dealkylation sites (tertiary alicyclic amines) is 1. The average molecular weight is 483 g/mol. The SMILES string of the molecule is CC(C)CNC(=O)[C@@H](CC(C)C)ONC(=O)C/C=C/C(=O)NO[C@@H]1CC(C)N(CC(C)C)C1=O. The predicted octanol–water partition coefficient (Wildman–Crippen LogP) is 1.86. The van der Waals surface area contributed by atoms with E-state index in [1.54, 1.807) is 4.90 Å². The molecule has 0 radical (unpaired) electrons. The molecule has 1 heterocycles. The van der Waals surface area contributed by atoms with Gasteiger partial charge in [-0.1, -0.05) is 47.6 Å². The highest BCUT2D eigenvalue weighted by Crippen LogP contribution is 2.22. The van der Waals surface area contributed by atoms with Gasteiger partial charge in [-0.15, -0.1) is 0 Å². The minimum absolute atomic E-state index is 0.0445. The number of carbonyl (C=O) groups excluding carboxylic acids is 4. The second kappa shape index (κ2) is 14.7. The minimum Gasteiger partial charge on any atom is -0.354 e. The van der Waals surface area contributed by atoms with Crippen molar-refractivity contribution in [2.45, 2.75) is 86.0 Å². The van der Waals surface area contributed by atoms with Crippen LogP contribution in [-0.2, 0) is 28.9 Å². The van der Waals surface area contributed by atoms with Gasteiger partial charge in [-0.3, -0.25) is 28.9 Å². The first kappa shape index (κ1) is 29.6. The van der Waals surface area contributed by atoms with Gasteiger partial charge in [-0.2, -0.15) is 0 Å². The second-order valence-electron chi connectivity index (χ2n) is 10.0. The van der Waals surface area contributed by atoms with Crippen LogP contribution < -0.4 is 16.3 Å². The summed E-state index contributed by atoms with van der Waals surface area (Å²) in [6.07, 6.45) is 1.79. The predicted molar refractivity (Wildman–Crippen MR) is 128 cm³/mol. The lowest BCUT2D eigenvalue weighted by Gasteiger charge is -2.23. The van der Waals surface area contributed by atoms with Crippen LogP contribution in [0.1, 0.15) is 67.7 Å². The van der Waals surface area contributed by atoms with E-state index < -0.39 is 24.0 Å². The molecule has 3 N–H and O–H groups in total. The maximum Gasteiger partial charge on any atom is 0.267 e. The third-order valence-electron chi connectivity index (χ3n) is 5.06. The molecule has 0 aromatic rings. The van der Waals surface area contributed by atoms with E-state index in [1.165, 1.54) is 6.08 Å². The lowest BCUT2D eigenvalue weighted by Crippen LogP contribution is -2.42. The summed E-state index contributed by atoms with van der Waals surface area (Å²) in [4.78, 5) is 61.1. The van der Waals surface area contributed by atoms with Crippen LogP contribution in [0.15, 0.2) is 12.2 Å². The zero-order chi connectivity index (χ0) is 25.8. The fraction of sp³-hybridized carbons (Fsp3) is 0.750. The molecule has 1 unspecified atom stereocenters. The van der Waals surface area contributed by atoms with Gasteiger partial charge in [0, 0.05) is 38.0 Å². The van der Waals surface area contributed by atoms with E-state index in [0.717, 1.165) is 6.08 Å². The van der Waals surface area contributed by atoms with E-state index in [9.17, 15) is 19.2 Å². The molecule has 0 aromatic carbocycles. The maximum absolute atomic E-state index is 12.4. The smallest absolute Gasteiger partial charge is 0.267 e. The highest BCUT2D eigenvalue weighted by atomic mass is 16.7. The summed E-state index contributed by atoms with van der Waals surface area (Å²) in [6.45, 7) is 15.1. The normalized spacial score (nSPS) is 19.4. The molecule has 34 heavy (non-hydrogen) atoms. The zero-order valence-electron chi connectivity index (χ0n) is 21.6. The quantitative estimate of drug-likeness (QED) is 0.256. The Kier molecular flexibility index (Phi) is 12.8.